The zero-order valence-electron chi connectivity index (χ0n) is 10.3. The maximum Gasteiger partial charge on any atom is 0.246 e. The molecular formula is C14H11BrFNO2S. The highest BCUT2D eigenvalue weighted by Gasteiger charge is 2.31. The van der Waals surface area contributed by atoms with Crippen LogP contribution in [0.5, 0.6) is 0 Å². The molecule has 0 heterocycles. The Hall–Kier alpha value is -1.53. The van der Waals surface area contributed by atoms with Crippen LogP contribution in [0, 0.1) is 5.41 Å². The molecule has 3 nitrogen and oxygen atoms in total. The first kappa shape index (κ1) is 14.9. The molecule has 1 N–H and O–H groups in total. The zero-order valence-corrected chi connectivity index (χ0v) is 12.7. The summed E-state index contributed by atoms with van der Waals surface area (Å²) in [4.78, 5) is -0.132. The van der Waals surface area contributed by atoms with E-state index < -0.39 is 21.1 Å². The van der Waals surface area contributed by atoms with Crippen molar-refractivity contribution in [3.05, 3.63) is 64.6 Å². The van der Waals surface area contributed by atoms with Crippen LogP contribution in [0.25, 0.3) is 0 Å². The minimum Gasteiger partial charge on any atom is -0.300 e. The van der Waals surface area contributed by atoms with E-state index in [0.29, 0.717) is 4.47 Å². The van der Waals surface area contributed by atoms with Gasteiger partial charge in [-0.2, -0.15) is 0 Å². The summed E-state index contributed by atoms with van der Waals surface area (Å²) in [6.07, 6.45) is 0. The molecule has 0 saturated heterocycles. The zero-order chi connectivity index (χ0) is 14.8. The van der Waals surface area contributed by atoms with Gasteiger partial charge in [0.15, 0.2) is 0 Å². The predicted octanol–water partition coefficient (Wildman–Crippen LogP) is 3.59. The van der Waals surface area contributed by atoms with Crippen molar-refractivity contribution in [1.82, 2.24) is 0 Å². The van der Waals surface area contributed by atoms with E-state index in [-0.39, 0.29) is 10.5 Å². The Morgan fingerprint density at radius 3 is 2.35 bits per heavy atom. The van der Waals surface area contributed by atoms with Crippen molar-refractivity contribution in [1.29, 1.82) is 5.41 Å². The molecule has 2 aromatic carbocycles. The lowest BCUT2D eigenvalue weighted by Crippen LogP contribution is -2.26. The van der Waals surface area contributed by atoms with E-state index >= 15 is 0 Å². The summed E-state index contributed by atoms with van der Waals surface area (Å²) in [7, 11) is -4.21. The molecule has 0 aliphatic heterocycles. The molecule has 0 amide bonds. The summed E-state index contributed by atoms with van der Waals surface area (Å²) in [6.45, 7) is 0. The van der Waals surface area contributed by atoms with Crippen molar-refractivity contribution in [2.75, 3.05) is 0 Å². The summed E-state index contributed by atoms with van der Waals surface area (Å²) in [5.41, 5.74) is -2.74. The highest BCUT2D eigenvalue weighted by Crippen LogP contribution is 2.21. The van der Waals surface area contributed by atoms with Crippen molar-refractivity contribution in [2.24, 2.45) is 0 Å². The first-order chi connectivity index (χ1) is 9.43. The Kier molecular flexibility index (Phi) is 4.35. The number of benzene rings is 2. The van der Waals surface area contributed by atoms with E-state index in [0.717, 1.165) is 0 Å². The van der Waals surface area contributed by atoms with Crippen LogP contribution in [0.4, 0.5) is 4.39 Å². The van der Waals surface area contributed by atoms with Gasteiger partial charge in [-0.15, -0.1) is 0 Å². The van der Waals surface area contributed by atoms with E-state index in [4.69, 9.17) is 5.41 Å². The molecule has 0 radical (unpaired) electrons. The molecule has 0 bridgehead atoms. The monoisotopic (exact) mass is 355 g/mol. The second kappa shape index (κ2) is 5.85. The van der Waals surface area contributed by atoms with E-state index in [9.17, 15) is 12.8 Å². The van der Waals surface area contributed by atoms with Crippen LogP contribution >= 0.6 is 15.9 Å². The van der Waals surface area contributed by atoms with Crippen molar-refractivity contribution in [2.45, 2.75) is 10.4 Å². The first-order valence-electron chi connectivity index (χ1n) is 5.70. The Morgan fingerprint density at radius 2 is 1.75 bits per heavy atom. The molecule has 1 unspecified atom stereocenters. The van der Waals surface area contributed by atoms with Crippen LogP contribution in [0.15, 0.2) is 64.0 Å². The number of nitrogens with one attached hydrogen (secondary N) is 1. The van der Waals surface area contributed by atoms with Gasteiger partial charge in [0.05, 0.1) is 10.6 Å². The molecule has 104 valence electrons. The fourth-order valence-electron chi connectivity index (χ4n) is 1.67. The maximum atomic E-state index is 14.2. The molecule has 2 aromatic rings. The van der Waals surface area contributed by atoms with Gasteiger partial charge in [0, 0.05) is 10.0 Å². The average molecular weight is 356 g/mol. The highest BCUT2D eigenvalue weighted by atomic mass is 79.9. The number of alkyl halides is 1. The molecule has 0 aliphatic rings. The van der Waals surface area contributed by atoms with Gasteiger partial charge in [-0.1, -0.05) is 46.3 Å². The molecule has 0 fully saturated rings. The second-order valence-corrected chi connectivity index (χ2v) is 6.99. The first-order valence-corrected chi connectivity index (χ1v) is 8.04. The molecule has 20 heavy (non-hydrogen) atoms. The van der Waals surface area contributed by atoms with Crippen molar-refractivity contribution in [3.8, 4) is 0 Å². The fraction of sp³-hybridized carbons (Fsp3) is 0.0714. The maximum absolute atomic E-state index is 14.2. The highest BCUT2D eigenvalue weighted by molar-refractivity contribution is 9.10. The molecule has 2 rings (SSSR count). The van der Waals surface area contributed by atoms with Gasteiger partial charge < -0.3 is 5.41 Å². The van der Waals surface area contributed by atoms with E-state index in [2.05, 4.69) is 15.9 Å². The molecule has 0 aromatic heterocycles. The number of hydrogen-bond donors (Lipinski definition) is 1. The molecule has 0 saturated carbocycles. The lowest BCUT2D eigenvalue weighted by Gasteiger charge is -2.11. The minimum atomic E-state index is -4.21. The number of halogens is 2. The Morgan fingerprint density at radius 1 is 1.10 bits per heavy atom. The predicted molar refractivity (Wildman–Crippen MR) is 79.5 cm³/mol. The molecule has 6 heteroatoms. The van der Waals surface area contributed by atoms with Gasteiger partial charge in [-0.05, 0) is 24.3 Å². The molecule has 0 spiro atoms. The Bertz CT molecular complexity index is 732. The van der Waals surface area contributed by atoms with Crippen LogP contribution in [-0.2, 0) is 9.84 Å². The number of rotatable bonds is 4. The van der Waals surface area contributed by atoms with E-state index in [1.165, 1.54) is 36.4 Å². The van der Waals surface area contributed by atoms with Crippen molar-refractivity contribution >= 4 is 31.5 Å². The van der Waals surface area contributed by atoms with Crippen molar-refractivity contribution < 1.29 is 12.8 Å². The van der Waals surface area contributed by atoms with Crippen LogP contribution in [-0.4, -0.2) is 19.6 Å². The van der Waals surface area contributed by atoms with Crippen LogP contribution in [0.1, 0.15) is 5.56 Å². The quantitative estimate of drug-likeness (QED) is 0.852. The lowest BCUT2D eigenvalue weighted by atomic mass is 10.1. The van der Waals surface area contributed by atoms with Crippen molar-refractivity contribution in [3.63, 3.8) is 0 Å². The smallest absolute Gasteiger partial charge is 0.246 e. The lowest BCUT2D eigenvalue weighted by molar-refractivity contribution is 0.490. The summed E-state index contributed by atoms with van der Waals surface area (Å²) in [5.74, 6) is 0. The average Bonchev–Trinajstić information content (AvgIpc) is 2.46. The third kappa shape index (κ3) is 2.96. The largest absolute Gasteiger partial charge is 0.300 e. The minimum absolute atomic E-state index is 0.132. The molecular weight excluding hydrogens is 345 g/mol. The fourth-order valence-corrected chi connectivity index (χ4v) is 3.29. The Labute approximate surface area is 125 Å². The van der Waals surface area contributed by atoms with Gasteiger partial charge in [0.2, 0.25) is 15.3 Å². The third-order valence-electron chi connectivity index (χ3n) is 2.71. The summed E-state index contributed by atoms with van der Waals surface area (Å²) < 4.78 is 39.1. The van der Waals surface area contributed by atoms with Gasteiger partial charge in [0.1, 0.15) is 0 Å². The summed E-state index contributed by atoms with van der Waals surface area (Å²) in [6, 6.07) is 13.7. The Balaban J connectivity index is 2.36. The van der Waals surface area contributed by atoms with Crippen LogP contribution in [0.2, 0.25) is 0 Å². The van der Waals surface area contributed by atoms with Gasteiger partial charge in [0.25, 0.3) is 0 Å². The molecule has 1 atom stereocenters. The number of hydrogen-bond acceptors (Lipinski definition) is 3. The van der Waals surface area contributed by atoms with Crippen LogP contribution < -0.4 is 0 Å². The van der Waals surface area contributed by atoms with E-state index in [1.807, 2.05) is 0 Å². The van der Waals surface area contributed by atoms with E-state index in [1.54, 1.807) is 18.2 Å². The second-order valence-electron chi connectivity index (χ2n) is 4.10. The normalized spacial score (nSPS) is 12.9. The van der Waals surface area contributed by atoms with Gasteiger partial charge in [-0.25, -0.2) is 12.8 Å². The SMILES string of the molecule is N=C(c1cccc(Br)c1)C(F)S(=O)(=O)c1ccccc1. The summed E-state index contributed by atoms with van der Waals surface area (Å²) >= 11 is 3.21. The summed E-state index contributed by atoms with van der Waals surface area (Å²) in [5, 5.41) is 7.76. The third-order valence-corrected chi connectivity index (χ3v) is 4.91. The molecule has 0 aliphatic carbocycles. The van der Waals surface area contributed by atoms with Gasteiger partial charge >= 0.3 is 0 Å². The van der Waals surface area contributed by atoms with Gasteiger partial charge in [-0.3, -0.25) is 0 Å². The standard InChI is InChI=1S/C14H11BrFNO2S/c15-11-6-4-5-10(9-11)13(17)14(16)20(18,19)12-7-2-1-3-8-12/h1-9,14,17H. The number of sulfone groups is 1. The topological polar surface area (TPSA) is 58.0 Å². The van der Waals surface area contributed by atoms with Crippen LogP contribution in [0.3, 0.4) is 0 Å².